The maximum atomic E-state index is 12.2. The van der Waals surface area contributed by atoms with Gasteiger partial charge in [-0.05, 0) is 19.1 Å². The van der Waals surface area contributed by atoms with Crippen molar-refractivity contribution in [1.29, 1.82) is 0 Å². The quantitative estimate of drug-likeness (QED) is 0.714. The van der Waals surface area contributed by atoms with Crippen LogP contribution >= 0.6 is 0 Å². The van der Waals surface area contributed by atoms with Gasteiger partial charge in [0.05, 0.1) is 13.2 Å². The Balaban J connectivity index is 3.06. The summed E-state index contributed by atoms with van der Waals surface area (Å²) in [6.45, 7) is 2.65. The van der Waals surface area contributed by atoms with Gasteiger partial charge in [0.1, 0.15) is 11.3 Å². The van der Waals surface area contributed by atoms with E-state index < -0.39 is 30.5 Å². The van der Waals surface area contributed by atoms with Crippen molar-refractivity contribution in [3.63, 3.8) is 0 Å². The number of carboxylic acid groups (broad SMARTS) is 1. The van der Waals surface area contributed by atoms with Crippen molar-refractivity contribution in [1.82, 2.24) is 5.06 Å². The fraction of sp³-hybridized carbons (Fsp3) is 0.400. The zero-order valence-electron chi connectivity index (χ0n) is 12.9. The number of ether oxygens (including phenoxy) is 1. The van der Waals surface area contributed by atoms with Crippen molar-refractivity contribution >= 4 is 17.8 Å². The number of aliphatic hydroxyl groups excluding tert-OH is 1. The summed E-state index contributed by atoms with van der Waals surface area (Å²) in [5, 5.41) is 18.6. The average Bonchev–Trinajstić information content (AvgIpc) is 2.54. The summed E-state index contributed by atoms with van der Waals surface area (Å²) in [6.07, 6.45) is -0.0931. The number of carbonyl (C=O) groups excluding carboxylic acids is 2. The minimum atomic E-state index is -1.68. The Kier molecular flexibility index (Phi) is 7.01. The van der Waals surface area contributed by atoms with E-state index in [0.29, 0.717) is 11.7 Å². The van der Waals surface area contributed by atoms with Gasteiger partial charge in [0.15, 0.2) is 6.04 Å². The first kappa shape index (κ1) is 18.4. The summed E-state index contributed by atoms with van der Waals surface area (Å²) in [5.74, 6) is -2.93. The Bertz CT molecular complexity index is 573. The fourth-order valence-corrected chi connectivity index (χ4v) is 1.75. The van der Waals surface area contributed by atoms with Crippen molar-refractivity contribution in [2.24, 2.45) is 0 Å². The van der Waals surface area contributed by atoms with Crippen LogP contribution in [0.3, 0.4) is 0 Å². The summed E-state index contributed by atoms with van der Waals surface area (Å²) < 4.78 is 5.29. The Morgan fingerprint density at radius 2 is 1.87 bits per heavy atom. The van der Waals surface area contributed by atoms with Gasteiger partial charge in [0.25, 0.3) is 5.91 Å². The monoisotopic (exact) mass is 325 g/mol. The molecule has 0 aromatic heterocycles. The second-order valence-electron chi connectivity index (χ2n) is 4.42. The van der Waals surface area contributed by atoms with Crippen LogP contribution in [0, 0.1) is 0 Å². The number of aliphatic hydroxyl groups is 1. The molecule has 23 heavy (non-hydrogen) atoms. The number of amides is 1. The molecule has 1 atom stereocenters. The molecule has 0 aliphatic rings. The standard InChI is InChI=1S/C15H19NO7/c1-3-13(18)16(11(9-17)14(19)20)23-15(21)10-7-5-6-8-12(10)22-4-2/h5-8,11,17H,3-4,9H2,1-2H3,(H,19,20)/t11-/m0/s1. The van der Waals surface area contributed by atoms with E-state index in [-0.39, 0.29) is 17.7 Å². The van der Waals surface area contributed by atoms with Crippen molar-refractivity contribution in [3.05, 3.63) is 29.8 Å². The van der Waals surface area contributed by atoms with E-state index in [1.54, 1.807) is 25.1 Å². The molecule has 0 saturated heterocycles. The number of hydrogen-bond donors (Lipinski definition) is 2. The average molecular weight is 325 g/mol. The van der Waals surface area contributed by atoms with Crippen LogP contribution in [0.4, 0.5) is 0 Å². The normalized spacial score (nSPS) is 11.4. The van der Waals surface area contributed by atoms with Gasteiger partial charge in [0.2, 0.25) is 0 Å². The van der Waals surface area contributed by atoms with Gasteiger partial charge in [-0.2, -0.15) is 5.06 Å². The Hall–Kier alpha value is -2.61. The number of benzene rings is 1. The molecule has 2 N–H and O–H groups in total. The van der Waals surface area contributed by atoms with Crippen LogP contribution in [0.2, 0.25) is 0 Å². The highest BCUT2D eigenvalue weighted by atomic mass is 16.7. The predicted molar refractivity (Wildman–Crippen MR) is 78.7 cm³/mol. The molecule has 0 radical (unpaired) electrons. The summed E-state index contributed by atoms with van der Waals surface area (Å²) in [5.41, 5.74) is 0.0466. The molecule has 126 valence electrons. The Labute approximate surface area is 133 Å². The third-order valence-corrected chi connectivity index (χ3v) is 2.88. The molecule has 1 aromatic carbocycles. The molecule has 8 heteroatoms. The van der Waals surface area contributed by atoms with Crippen molar-refractivity contribution in [2.75, 3.05) is 13.2 Å². The van der Waals surface area contributed by atoms with Gasteiger partial charge in [-0.15, -0.1) is 0 Å². The van der Waals surface area contributed by atoms with E-state index in [2.05, 4.69) is 0 Å². The number of hydroxylamine groups is 2. The second kappa shape index (κ2) is 8.74. The van der Waals surface area contributed by atoms with Crippen molar-refractivity contribution in [3.8, 4) is 5.75 Å². The van der Waals surface area contributed by atoms with E-state index in [4.69, 9.17) is 19.8 Å². The topological polar surface area (TPSA) is 113 Å². The summed E-state index contributed by atoms with van der Waals surface area (Å²) in [4.78, 5) is 40.1. The van der Waals surface area contributed by atoms with Crippen LogP contribution in [-0.4, -0.2) is 52.4 Å². The minimum absolute atomic E-state index is 0.0466. The van der Waals surface area contributed by atoms with Gasteiger partial charge >= 0.3 is 11.9 Å². The number of aliphatic carboxylic acids is 1. The zero-order valence-corrected chi connectivity index (χ0v) is 12.9. The van der Waals surface area contributed by atoms with E-state index in [1.165, 1.54) is 13.0 Å². The van der Waals surface area contributed by atoms with Crippen LogP contribution in [-0.2, 0) is 14.4 Å². The van der Waals surface area contributed by atoms with Crippen LogP contribution in [0.1, 0.15) is 30.6 Å². The Morgan fingerprint density at radius 3 is 2.39 bits per heavy atom. The summed E-state index contributed by atoms with van der Waals surface area (Å²) in [7, 11) is 0. The molecular formula is C15H19NO7. The lowest BCUT2D eigenvalue weighted by Crippen LogP contribution is -2.48. The number of rotatable bonds is 7. The fourth-order valence-electron chi connectivity index (χ4n) is 1.75. The van der Waals surface area contributed by atoms with Crippen LogP contribution in [0.25, 0.3) is 0 Å². The van der Waals surface area contributed by atoms with Gasteiger partial charge in [0, 0.05) is 6.42 Å². The molecule has 0 heterocycles. The molecule has 1 rings (SSSR count). The van der Waals surface area contributed by atoms with E-state index in [1.807, 2.05) is 0 Å². The van der Waals surface area contributed by atoms with Crippen LogP contribution in [0.15, 0.2) is 24.3 Å². The second-order valence-corrected chi connectivity index (χ2v) is 4.42. The highest BCUT2D eigenvalue weighted by molar-refractivity contribution is 5.94. The first-order valence-corrected chi connectivity index (χ1v) is 7.06. The van der Waals surface area contributed by atoms with E-state index in [9.17, 15) is 14.4 Å². The van der Waals surface area contributed by atoms with Crippen molar-refractivity contribution < 1.29 is 34.2 Å². The molecule has 0 aliphatic heterocycles. The van der Waals surface area contributed by atoms with Crippen molar-refractivity contribution in [2.45, 2.75) is 26.3 Å². The number of carboxylic acids is 1. The van der Waals surface area contributed by atoms with E-state index in [0.717, 1.165) is 0 Å². The molecule has 0 fully saturated rings. The first-order valence-electron chi connectivity index (χ1n) is 7.06. The number of hydrogen-bond acceptors (Lipinski definition) is 6. The largest absolute Gasteiger partial charge is 0.493 e. The molecule has 0 aliphatic carbocycles. The molecule has 0 unspecified atom stereocenters. The first-order chi connectivity index (χ1) is 11.0. The molecule has 0 saturated carbocycles. The van der Waals surface area contributed by atoms with Gasteiger partial charge in [-0.1, -0.05) is 19.1 Å². The van der Waals surface area contributed by atoms with Gasteiger partial charge < -0.3 is 19.8 Å². The number of nitrogens with zero attached hydrogens (tertiary/aromatic N) is 1. The SMILES string of the molecule is CCOc1ccccc1C(=O)ON(C(=O)CC)[C@@H](CO)C(=O)O. The number of carbonyl (C=O) groups is 3. The highest BCUT2D eigenvalue weighted by Crippen LogP contribution is 2.20. The van der Waals surface area contributed by atoms with Crippen LogP contribution in [0.5, 0.6) is 5.75 Å². The lowest BCUT2D eigenvalue weighted by molar-refractivity contribution is -0.190. The lowest BCUT2D eigenvalue weighted by Gasteiger charge is -2.25. The summed E-state index contributed by atoms with van der Waals surface area (Å²) in [6, 6.07) is 4.53. The maximum absolute atomic E-state index is 12.2. The minimum Gasteiger partial charge on any atom is -0.493 e. The lowest BCUT2D eigenvalue weighted by atomic mass is 10.2. The van der Waals surface area contributed by atoms with E-state index >= 15 is 0 Å². The molecule has 0 bridgehead atoms. The maximum Gasteiger partial charge on any atom is 0.367 e. The summed E-state index contributed by atoms with van der Waals surface area (Å²) >= 11 is 0. The van der Waals surface area contributed by atoms with Gasteiger partial charge in [-0.3, -0.25) is 4.79 Å². The molecule has 1 amide bonds. The molecular weight excluding hydrogens is 306 g/mol. The third-order valence-electron chi connectivity index (χ3n) is 2.88. The van der Waals surface area contributed by atoms with Crippen LogP contribution < -0.4 is 4.74 Å². The molecule has 1 aromatic rings. The predicted octanol–water partition coefficient (Wildman–Crippen LogP) is 0.841. The Morgan fingerprint density at radius 1 is 1.22 bits per heavy atom. The molecule has 0 spiro atoms. The van der Waals surface area contributed by atoms with Gasteiger partial charge in [-0.25, -0.2) is 9.59 Å². The molecule has 8 nitrogen and oxygen atoms in total. The third kappa shape index (κ3) is 4.68. The number of para-hydroxylation sites is 1. The zero-order chi connectivity index (χ0) is 17.4. The smallest absolute Gasteiger partial charge is 0.367 e. The highest BCUT2D eigenvalue weighted by Gasteiger charge is 2.33.